The summed E-state index contributed by atoms with van der Waals surface area (Å²) in [5.74, 6) is 1.26. The molecule has 6 heteroatoms. The van der Waals surface area contributed by atoms with Crippen molar-refractivity contribution >= 4 is 61.7 Å². The molecule has 0 spiro atoms. The molecule has 0 unspecified atom stereocenters. The van der Waals surface area contributed by atoms with Crippen LogP contribution in [-0.2, 0) is 5.41 Å². The van der Waals surface area contributed by atoms with Gasteiger partial charge in [0.25, 0.3) is 6.33 Å². The van der Waals surface area contributed by atoms with Crippen molar-refractivity contribution in [3.05, 3.63) is 309 Å². The number of pyridine rings is 1. The zero-order valence-electron chi connectivity index (χ0n) is 71.8. The minimum atomic E-state index is -6.36. The second-order valence-corrected chi connectivity index (χ2v) is 23.5. The van der Waals surface area contributed by atoms with Crippen LogP contribution in [0, 0.1) is 6.33 Å². The number of fused-ring (bicyclic) bond motifs is 4. The fourth-order valence-corrected chi connectivity index (χ4v) is 14.5. The zero-order chi connectivity index (χ0) is 79.6. The highest BCUT2D eigenvalue weighted by Gasteiger charge is 2.44. The van der Waals surface area contributed by atoms with E-state index in [0.717, 1.165) is 27.4 Å². The first-order valence-corrected chi connectivity index (χ1v) is 27.8. The van der Waals surface area contributed by atoms with Gasteiger partial charge in [-0.05, 0) is 132 Å². The molecule has 11 aromatic carbocycles. The Morgan fingerprint density at radius 2 is 1.04 bits per heavy atom. The lowest BCUT2D eigenvalue weighted by Crippen LogP contribution is -2.76. The molecule has 0 aliphatic carbocycles. The van der Waals surface area contributed by atoms with Crippen molar-refractivity contribution in [2.45, 2.75) is 26.2 Å². The number of rotatable bonds is 12. The van der Waals surface area contributed by atoms with Crippen LogP contribution in [0.1, 0.15) is 64.7 Å². The third-order valence-corrected chi connectivity index (χ3v) is 18.4. The standard InChI is InChI=1S/C76H58N4OSi/c1-76(2,3)59-45-46-77-74(50-59)80-69-39-20-19-37-67(69)68-44-43-62(52-72(68)80)81-61-30-23-29-60(51-61)78-53-79(71-41-22-21-40-70(71)78)75-66(58-48-56(54-25-9-4-10-26-54)47-57(49-58)55-27-11-5-12-28-55)38-24-42-73(75)82(63-31-13-6-14-32-63,64-33-15-7-16-34-64)65-35-17-8-18-36-65/h4-52H,1-3H3/i4D,5D,6D,7D,8D,9D,10D,11D,12D,13D,14D,15D,16D,17D,18D,25D,26D,27D,28D,31D,32D,33D,34D,35D,36D,47D,48D,49D. The van der Waals surface area contributed by atoms with Gasteiger partial charge >= 0.3 is 0 Å². The minimum Gasteiger partial charge on any atom is -0.458 e. The molecule has 0 atom stereocenters. The van der Waals surface area contributed by atoms with Crippen LogP contribution in [0.4, 0.5) is 0 Å². The molecule has 0 aliphatic rings. The maximum atomic E-state index is 10.6. The number of para-hydroxylation sites is 4. The molecule has 0 bridgehead atoms. The molecule has 0 fully saturated rings. The number of nitrogens with zero attached hydrogens (tertiary/aromatic N) is 4. The predicted octanol–water partition coefficient (Wildman–Crippen LogP) is 15.7. The van der Waals surface area contributed by atoms with Gasteiger partial charge in [-0.1, -0.05) is 239 Å². The van der Waals surface area contributed by atoms with Crippen molar-refractivity contribution in [2.24, 2.45) is 0 Å². The lowest BCUT2D eigenvalue weighted by Gasteiger charge is -2.37. The Kier molecular flexibility index (Phi) is 7.19. The van der Waals surface area contributed by atoms with E-state index < -0.39 is 237 Å². The second-order valence-electron chi connectivity index (χ2n) is 20.0. The van der Waals surface area contributed by atoms with Gasteiger partial charge in [-0.2, -0.15) is 0 Å². The summed E-state index contributed by atoms with van der Waals surface area (Å²) < 4.78 is 277. The Bertz CT molecular complexity index is 5980. The van der Waals surface area contributed by atoms with Crippen LogP contribution in [0.5, 0.6) is 11.5 Å². The Morgan fingerprint density at radius 3 is 1.67 bits per heavy atom. The highest BCUT2D eigenvalue weighted by atomic mass is 28.3. The Hall–Kier alpha value is -10.1. The molecule has 3 aromatic heterocycles. The summed E-state index contributed by atoms with van der Waals surface area (Å²) in [5.41, 5.74) is -2.46. The normalized spacial score (nSPS) is 16.6. The number of ether oxygens (including phenoxy) is 1. The summed E-state index contributed by atoms with van der Waals surface area (Å²) in [6.07, 6.45) is 5.11. The molecule has 14 rings (SSSR count). The maximum absolute atomic E-state index is 10.6. The van der Waals surface area contributed by atoms with Crippen LogP contribution in [0.3, 0.4) is 0 Å². The van der Waals surface area contributed by atoms with Gasteiger partial charge in [-0.25, -0.2) is 4.98 Å². The van der Waals surface area contributed by atoms with Crippen LogP contribution in [0.2, 0.25) is 0 Å². The minimum absolute atomic E-state index is 0.0351. The van der Waals surface area contributed by atoms with Crippen molar-refractivity contribution in [1.82, 2.24) is 14.1 Å². The first-order chi connectivity index (χ1) is 51.9. The third kappa shape index (κ3) is 8.90. The van der Waals surface area contributed by atoms with Crippen molar-refractivity contribution in [2.75, 3.05) is 0 Å². The SMILES string of the molecule is [2H]c1c([2H])c([2H])c(-c2c([2H])c(-c3cccc([Si](c4c([2H])c([2H])c([2H])c([2H])c4[2H])(c4c([2H])c([2H])c([2H])c([2H])c4[2H])c4c([2H])c([2H])c([2H])c([2H])c4[2H])c3-[n+]3[c-]n(-c4cccc(Oc5ccc6c7ccccc7n(-c7cc(C(C)(C)C)ccn7)c6c5)c4)c4ccccc43)c([2H])c(-c3c([2H])c([2H])c([2H])c([2H])c3[2H])c2[2H])c([2H])c1[2H]. The highest BCUT2D eigenvalue weighted by Crippen LogP contribution is 2.38. The molecular formula is C76H58N4OSi. The van der Waals surface area contributed by atoms with E-state index in [4.69, 9.17) is 22.1 Å². The van der Waals surface area contributed by atoms with Crippen molar-refractivity contribution < 1.29 is 47.7 Å². The molecular weight excluding hydrogens is 1010 g/mol. The fraction of sp³-hybridized carbons (Fsp3) is 0.0526. The molecule has 0 aliphatic heterocycles. The molecule has 0 amide bonds. The number of benzene rings is 11. The molecule has 0 saturated heterocycles. The Balaban J connectivity index is 1.17. The first kappa shape index (κ1) is 28.3. The number of aromatic nitrogens is 4. The van der Waals surface area contributed by atoms with Gasteiger partial charge in [0.1, 0.15) is 17.3 Å². The van der Waals surface area contributed by atoms with Crippen molar-refractivity contribution in [3.63, 3.8) is 0 Å². The quantitative estimate of drug-likeness (QED) is 0.0529. The summed E-state index contributed by atoms with van der Waals surface area (Å²) in [6, 6.07) is 4.25. The van der Waals surface area contributed by atoms with Gasteiger partial charge in [0.15, 0.2) is 8.07 Å². The van der Waals surface area contributed by atoms with Crippen molar-refractivity contribution in [3.8, 4) is 62.1 Å². The summed E-state index contributed by atoms with van der Waals surface area (Å²) in [6.45, 7) is 6.32. The summed E-state index contributed by atoms with van der Waals surface area (Å²) in [4.78, 5) is 4.83. The molecule has 82 heavy (non-hydrogen) atoms. The van der Waals surface area contributed by atoms with Crippen LogP contribution in [-0.4, -0.2) is 22.2 Å². The van der Waals surface area contributed by atoms with Gasteiger partial charge in [0.05, 0.1) is 71.8 Å². The van der Waals surface area contributed by atoms with Crippen LogP contribution in [0.15, 0.2) is 297 Å². The fourth-order valence-electron chi connectivity index (χ4n) is 10.5. The summed E-state index contributed by atoms with van der Waals surface area (Å²) >= 11 is 0. The van der Waals surface area contributed by atoms with E-state index in [1.165, 1.54) is 33.4 Å². The maximum Gasteiger partial charge on any atom is 0.269 e. The topological polar surface area (TPSA) is 35.9 Å². The first-order valence-electron chi connectivity index (χ1n) is 39.8. The molecule has 5 nitrogen and oxygen atoms in total. The lowest BCUT2D eigenvalue weighted by molar-refractivity contribution is -0.570. The molecule has 0 N–H and O–H groups in total. The largest absolute Gasteiger partial charge is 0.458 e. The number of hydrogen-bond acceptors (Lipinski definition) is 2. The number of imidazole rings is 1. The zero-order valence-corrected chi connectivity index (χ0v) is 44.8. The van der Waals surface area contributed by atoms with Gasteiger partial charge < -0.3 is 4.74 Å². The lowest BCUT2D eigenvalue weighted by atomic mass is 9.88. The van der Waals surface area contributed by atoms with E-state index in [-0.39, 0.29) is 27.9 Å². The van der Waals surface area contributed by atoms with E-state index in [9.17, 15) is 26.0 Å². The van der Waals surface area contributed by atoms with Gasteiger partial charge in [-0.3, -0.25) is 13.7 Å². The highest BCUT2D eigenvalue weighted by molar-refractivity contribution is 7.20. The van der Waals surface area contributed by atoms with Crippen molar-refractivity contribution in [1.29, 1.82) is 0 Å². The molecule has 3 heterocycles. The van der Waals surface area contributed by atoms with Gasteiger partial charge in [-0.15, -0.1) is 0 Å². The Morgan fingerprint density at radius 1 is 0.488 bits per heavy atom. The average molecular weight is 1100 g/mol. The monoisotopic (exact) mass is 1100 g/mol. The summed E-state index contributed by atoms with van der Waals surface area (Å²) in [5, 5.41) is -1.64. The van der Waals surface area contributed by atoms with Crippen LogP contribution >= 0.6 is 0 Å². The molecule has 0 radical (unpaired) electrons. The van der Waals surface area contributed by atoms with E-state index in [1.54, 1.807) is 54.7 Å². The van der Waals surface area contributed by atoms with E-state index in [1.807, 2.05) is 53.1 Å². The van der Waals surface area contributed by atoms with Crippen LogP contribution in [0.25, 0.3) is 83.4 Å². The van der Waals surface area contributed by atoms with Gasteiger partial charge in [0, 0.05) is 23.0 Å². The molecule has 392 valence electrons. The number of hydrogen-bond donors (Lipinski definition) is 0. The van der Waals surface area contributed by atoms with E-state index in [0.29, 0.717) is 11.6 Å². The predicted molar refractivity (Wildman–Crippen MR) is 341 cm³/mol. The average Bonchev–Trinajstić information content (AvgIpc) is 0.688. The second kappa shape index (κ2) is 20.8. The third-order valence-electron chi connectivity index (χ3n) is 14.2. The molecule has 14 aromatic rings. The van der Waals surface area contributed by atoms with E-state index in [2.05, 4.69) is 27.1 Å². The molecule has 0 saturated carbocycles. The van der Waals surface area contributed by atoms with Gasteiger partial charge in [0.2, 0.25) is 0 Å². The van der Waals surface area contributed by atoms with Crippen LogP contribution < -0.4 is 30.1 Å². The Labute approximate surface area is 519 Å². The smallest absolute Gasteiger partial charge is 0.269 e. The summed E-state index contributed by atoms with van der Waals surface area (Å²) in [7, 11) is -6.36. The van der Waals surface area contributed by atoms with E-state index >= 15 is 0 Å².